The second-order valence-corrected chi connectivity index (χ2v) is 8.05. The molecule has 7 nitrogen and oxygen atoms in total. The van der Waals surface area contributed by atoms with Crippen LogP contribution in [-0.2, 0) is 15.9 Å². The first kappa shape index (κ1) is 19.4. The Hall–Kier alpha value is -2.38. The average Bonchev–Trinajstić information content (AvgIpc) is 3.14. The highest BCUT2D eigenvalue weighted by molar-refractivity contribution is 5.53. The van der Waals surface area contributed by atoms with E-state index in [-0.39, 0.29) is 18.2 Å². The van der Waals surface area contributed by atoms with E-state index in [0.717, 1.165) is 11.3 Å². The Labute approximate surface area is 159 Å². The van der Waals surface area contributed by atoms with E-state index in [2.05, 4.69) is 10.1 Å². The summed E-state index contributed by atoms with van der Waals surface area (Å²) in [5.74, 6) is 1.01. The zero-order valence-electron chi connectivity index (χ0n) is 16.3. The van der Waals surface area contributed by atoms with Crippen LogP contribution in [0.1, 0.15) is 33.3 Å². The lowest BCUT2D eigenvalue weighted by Gasteiger charge is -2.33. The second-order valence-electron chi connectivity index (χ2n) is 8.05. The van der Waals surface area contributed by atoms with Crippen molar-refractivity contribution in [3.8, 4) is 5.75 Å². The van der Waals surface area contributed by atoms with Gasteiger partial charge in [0.05, 0.1) is 24.3 Å². The number of aliphatic hydroxyl groups is 1. The number of nitrogens with zero attached hydrogens (tertiary/aromatic N) is 3. The summed E-state index contributed by atoms with van der Waals surface area (Å²) in [5.41, 5.74) is 0.791. The third-order valence-corrected chi connectivity index (χ3v) is 4.27. The molecule has 3 rings (SSSR count). The zero-order chi connectivity index (χ0) is 19.5. The highest BCUT2D eigenvalue weighted by Gasteiger charge is 2.36. The SMILES string of the molecule is CC(C)(C)Oc1ccc(CC(=C(O)C2(C)COCOC2)n2cncn2)cc1. The number of allylic oxidation sites excluding steroid dienone is 1. The molecular formula is C20H27N3O4. The van der Waals surface area contributed by atoms with Gasteiger partial charge in [-0.25, -0.2) is 9.67 Å². The Bertz CT molecular complexity index is 771. The molecule has 0 unspecified atom stereocenters. The van der Waals surface area contributed by atoms with Gasteiger partial charge in [-0.15, -0.1) is 0 Å². The van der Waals surface area contributed by atoms with E-state index >= 15 is 0 Å². The van der Waals surface area contributed by atoms with E-state index in [9.17, 15) is 5.11 Å². The molecule has 1 saturated heterocycles. The van der Waals surface area contributed by atoms with E-state index in [1.165, 1.54) is 6.33 Å². The van der Waals surface area contributed by atoms with Crippen molar-refractivity contribution in [2.75, 3.05) is 20.0 Å². The molecule has 1 N–H and O–H groups in total. The summed E-state index contributed by atoms with van der Waals surface area (Å²) in [7, 11) is 0. The number of benzene rings is 1. The average molecular weight is 373 g/mol. The van der Waals surface area contributed by atoms with Crippen LogP contribution in [0.2, 0.25) is 0 Å². The predicted molar refractivity (Wildman–Crippen MR) is 101 cm³/mol. The number of rotatable bonds is 5. The van der Waals surface area contributed by atoms with E-state index in [1.54, 1.807) is 11.0 Å². The molecular weight excluding hydrogens is 346 g/mol. The zero-order valence-corrected chi connectivity index (χ0v) is 16.3. The number of ether oxygens (including phenoxy) is 3. The largest absolute Gasteiger partial charge is 0.510 e. The molecule has 0 atom stereocenters. The Morgan fingerprint density at radius 3 is 2.44 bits per heavy atom. The van der Waals surface area contributed by atoms with Crippen molar-refractivity contribution in [1.82, 2.24) is 14.8 Å². The molecule has 2 aromatic rings. The van der Waals surface area contributed by atoms with E-state index < -0.39 is 5.41 Å². The molecule has 1 aromatic carbocycles. The Morgan fingerprint density at radius 2 is 1.89 bits per heavy atom. The topological polar surface area (TPSA) is 78.6 Å². The van der Waals surface area contributed by atoms with E-state index in [4.69, 9.17) is 14.2 Å². The lowest BCUT2D eigenvalue weighted by molar-refractivity contribution is -0.155. The molecule has 0 radical (unpaired) electrons. The van der Waals surface area contributed by atoms with Crippen LogP contribution >= 0.6 is 0 Å². The molecule has 27 heavy (non-hydrogen) atoms. The minimum atomic E-state index is -0.630. The van der Waals surface area contributed by atoms with Crippen LogP contribution in [0.5, 0.6) is 5.75 Å². The van der Waals surface area contributed by atoms with Crippen molar-refractivity contribution in [3.05, 3.63) is 48.2 Å². The highest BCUT2D eigenvalue weighted by atomic mass is 16.7. The van der Waals surface area contributed by atoms with Gasteiger partial charge in [0.2, 0.25) is 0 Å². The number of aromatic nitrogens is 3. The smallest absolute Gasteiger partial charge is 0.146 e. The summed E-state index contributed by atoms with van der Waals surface area (Å²) in [6, 6.07) is 7.85. The van der Waals surface area contributed by atoms with E-state index in [0.29, 0.717) is 25.3 Å². The molecule has 2 heterocycles. The number of aliphatic hydroxyl groups excluding tert-OH is 1. The lowest BCUT2D eigenvalue weighted by Crippen LogP contribution is -2.37. The molecule has 0 aliphatic carbocycles. The van der Waals surface area contributed by atoms with Gasteiger partial charge in [-0.3, -0.25) is 0 Å². The Morgan fingerprint density at radius 1 is 1.22 bits per heavy atom. The molecule has 0 spiro atoms. The summed E-state index contributed by atoms with van der Waals surface area (Å²) in [5, 5.41) is 15.2. The maximum Gasteiger partial charge on any atom is 0.146 e. The van der Waals surface area contributed by atoms with Crippen molar-refractivity contribution >= 4 is 5.70 Å². The van der Waals surface area contributed by atoms with Crippen LogP contribution < -0.4 is 4.74 Å². The fourth-order valence-corrected chi connectivity index (χ4v) is 2.96. The van der Waals surface area contributed by atoms with Gasteiger partial charge in [-0.1, -0.05) is 12.1 Å². The highest BCUT2D eigenvalue weighted by Crippen LogP contribution is 2.33. The van der Waals surface area contributed by atoms with Crippen LogP contribution in [-0.4, -0.2) is 45.5 Å². The van der Waals surface area contributed by atoms with Gasteiger partial charge in [-0.05, 0) is 45.4 Å². The summed E-state index contributed by atoms with van der Waals surface area (Å²) >= 11 is 0. The van der Waals surface area contributed by atoms with Crippen LogP contribution in [0.3, 0.4) is 0 Å². The minimum Gasteiger partial charge on any atom is -0.510 e. The van der Waals surface area contributed by atoms with Crippen molar-refractivity contribution < 1.29 is 19.3 Å². The maximum atomic E-state index is 11.0. The van der Waals surface area contributed by atoms with Crippen molar-refractivity contribution in [1.29, 1.82) is 0 Å². The fraction of sp³-hybridized carbons (Fsp3) is 0.500. The minimum absolute atomic E-state index is 0.197. The predicted octanol–water partition coefficient (Wildman–Crippen LogP) is 3.44. The molecule has 1 fully saturated rings. The summed E-state index contributed by atoms with van der Waals surface area (Å²) in [6.45, 7) is 8.97. The molecule has 0 saturated carbocycles. The first-order valence-corrected chi connectivity index (χ1v) is 8.98. The first-order chi connectivity index (χ1) is 12.8. The van der Waals surface area contributed by atoms with Gasteiger partial charge in [0.15, 0.2) is 0 Å². The van der Waals surface area contributed by atoms with E-state index in [1.807, 2.05) is 52.0 Å². The summed E-state index contributed by atoms with van der Waals surface area (Å²) in [4.78, 5) is 4.01. The molecule has 0 bridgehead atoms. The Balaban J connectivity index is 1.88. The standard InChI is InChI=1S/C20H27N3O4/c1-19(2,3)27-16-7-5-15(6-8-16)9-17(23-13-21-12-22-23)18(24)20(4)10-25-14-26-11-20/h5-8,12-13,24H,9-11,14H2,1-4H3. The van der Waals surface area contributed by atoms with Crippen molar-refractivity contribution in [3.63, 3.8) is 0 Å². The fourth-order valence-electron chi connectivity index (χ4n) is 2.96. The van der Waals surface area contributed by atoms with Crippen molar-refractivity contribution in [2.24, 2.45) is 5.41 Å². The lowest BCUT2D eigenvalue weighted by atomic mass is 9.87. The molecule has 0 amide bonds. The third-order valence-electron chi connectivity index (χ3n) is 4.27. The molecule has 1 aliphatic rings. The van der Waals surface area contributed by atoms with Gasteiger partial charge >= 0.3 is 0 Å². The van der Waals surface area contributed by atoms with Crippen LogP contribution in [0.4, 0.5) is 0 Å². The van der Waals surface area contributed by atoms with Gasteiger partial charge in [0.25, 0.3) is 0 Å². The maximum absolute atomic E-state index is 11.0. The van der Waals surface area contributed by atoms with Crippen LogP contribution in [0, 0.1) is 5.41 Å². The van der Waals surface area contributed by atoms with Gasteiger partial charge < -0.3 is 19.3 Å². The van der Waals surface area contributed by atoms with Crippen LogP contribution in [0.25, 0.3) is 5.70 Å². The van der Waals surface area contributed by atoms with Crippen LogP contribution in [0.15, 0.2) is 42.7 Å². The first-order valence-electron chi connectivity index (χ1n) is 8.98. The van der Waals surface area contributed by atoms with Gasteiger partial charge in [0.1, 0.15) is 36.6 Å². The number of hydrogen-bond donors (Lipinski definition) is 1. The summed E-state index contributed by atoms with van der Waals surface area (Å²) in [6.07, 6.45) is 3.51. The normalized spacial score (nSPS) is 18.1. The number of hydrogen-bond acceptors (Lipinski definition) is 6. The molecule has 1 aliphatic heterocycles. The monoisotopic (exact) mass is 373 g/mol. The molecule has 7 heteroatoms. The van der Waals surface area contributed by atoms with Gasteiger partial charge in [-0.2, -0.15) is 5.10 Å². The third kappa shape index (κ3) is 4.87. The van der Waals surface area contributed by atoms with Crippen molar-refractivity contribution in [2.45, 2.75) is 39.7 Å². The molecule has 146 valence electrons. The second kappa shape index (κ2) is 7.70. The Kier molecular flexibility index (Phi) is 5.53. The molecule has 1 aromatic heterocycles. The quantitative estimate of drug-likeness (QED) is 0.809. The van der Waals surface area contributed by atoms with Gasteiger partial charge in [0, 0.05) is 6.42 Å². The summed E-state index contributed by atoms with van der Waals surface area (Å²) < 4.78 is 18.3.